The van der Waals surface area contributed by atoms with E-state index in [4.69, 9.17) is 4.74 Å². The zero-order valence-corrected chi connectivity index (χ0v) is 16.1. The van der Waals surface area contributed by atoms with Crippen LogP contribution in [0.4, 0.5) is 11.5 Å². The number of hydrogen-bond acceptors (Lipinski definition) is 5. The van der Waals surface area contributed by atoms with Crippen LogP contribution in [-0.4, -0.2) is 15.0 Å². The van der Waals surface area contributed by atoms with Gasteiger partial charge in [-0.05, 0) is 47.2 Å². The molecule has 0 aliphatic rings. The molecule has 2 heterocycles. The summed E-state index contributed by atoms with van der Waals surface area (Å²) in [6, 6.07) is 27.8. The summed E-state index contributed by atoms with van der Waals surface area (Å²) in [7, 11) is 0. The van der Waals surface area contributed by atoms with Crippen molar-refractivity contribution in [1.82, 2.24) is 15.0 Å². The van der Waals surface area contributed by atoms with Crippen molar-refractivity contribution in [3.8, 4) is 22.9 Å². The summed E-state index contributed by atoms with van der Waals surface area (Å²) in [6.45, 7) is 0. The largest absolute Gasteiger partial charge is 0.437 e. The second kappa shape index (κ2) is 8.01. The van der Waals surface area contributed by atoms with Crippen LogP contribution < -0.4 is 10.1 Å². The lowest BCUT2D eigenvalue weighted by Crippen LogP contribution is -1.95. The number of benzene rings is 3. The number of fused-ring (bicyclic) bond motifs is 1. The van der Waals surface area contributed by atoms with Gasteiger partial charge in [-0.3, -0.25) is 0 Å². The molecule has 5 nitrogen and oxygen atoms in total. The van der Waals surface area contributed by atoms with Crippen LogP contribution >= 0.6 is 0 Å². The molecule has 0 atom stereocenters. The molecule has 0 spiro atoms. The molecule has 144 valence electrons. The Morgan fingerprint density at radius 2 is 1.43 bits per heavy atom. The summed E-state index contributed by atoms with van der Waals surface area (Å²) < 4.78 is 6.10. The molecule has 0 fully saturated rings. The zero-order chi connectivity index (χ0) is 20.2. The number of pyridine rings is 1. The summed E-state index contributed by atoms with van der Waals surface area (Å²) in [5.74, 6) is 1.95. The molecular formula is C25H18N4O. The fraction of sp³-hybridized carbons (Fsp3) is 0. The predicted octanol–water partition coefficient (Wildman–Crippen LogP) is 6.23. The normalized spacial score (nSPS) is 10.7. The van der Waals surface area contributed by atoms with Gasteiger partial charge in [0.2, 0.25) is 5.88 Å². The molecule has 0 radical (unpaired) electrons. The maximum atomic E-state index is 6.10. The number of nitrogens with one attached hydrogen (secondary N) is 1. The van der Waals surface area contributed by atoms with E-state index in [0.717, 1.165) is 27.8 Å². The van der Waals surface area contributed by atoms with E-state index in [1.54, 1.807) is 18.6 Å². The summed E-state index contributed by atoms with van der Waals surface area (Å²) in [6.07, 6.45) is 5.08. The zero-order valence-electron chi connectivity index (χ0n) is 16.1. The Labute approximate surface area is 174 Å². The van der Waals surface area contributed by atoms with Crippen molar-refractivity contribution in [3.63, 3.8) is 0 Å². The van der Waals surface area contributed by atoms with Gasteiger partial charge < -0.3 is 10.1 Å². The third-order valence-corrected chi connectivity index (χ3v) is 4.72. The van der Waals surface area contributed by atoms with Crippen molar-refractivity contribution in [1.29, 1.82) is 0 Å². The minimum Gasteiger partial charge on any atom is -0.437 e. The van der Waals surface area contributed by atoms with Crippen molar-refractivity contribution in [2.45, 2.75) is 0 Å². The molecular weight excluding hydrogens is 372 g/mol. The standard InChI is InChI=1S/C25H18N4O/c1-2-8-21-18(6-1)7-5-9-22(21)24-25(28-17-16-27-24)30-20-13-11-19(12-14-20)29-23-10-3-4-15-26-23/h1-17H,(H,26,29). The number of rotatable bonds is 5. The monoisotopic (exact) mass is 390 g/mol. The van der Waals surface area contributed by atoms with Crippen molar-refractivity contribution < 1.29 is 4.74 Å². The molecule has 2 aromatic heterocycles. The van der Waals surface area contributed by atoms with E-state index in [-0.39, 0.29) is 0 Å². The molecule has 30 heavy (non-hydrogen) atoms. The van der Waals surface area contributed by atoms with Gasteiger partial charge in [-0.1, -0.05) is 48.5 Å². The number of anilines is 2. The number of ether oxygens (including phenoxy) is 1. The highest BCUT2D eigenvalue weighted by Gasteiger charge is 2.13. The minimum absolute atomic E-state index is 0.472. The number of aromatic nitrogens is 3. The van der Waals surface area contributed by atoms with Crippen LogP contribution in [0.5, 0.6) is 11.6 Å². The molecule has 1 N–H and O–H groups in total. The third kappa shape index (κ3) is 3.69. The van der Waals surface area contributed by atoms with Gasteiger partial charge in [-0.2, -0.15) is 0 Å². The Bertz CT molecular complexity index is 1280. The first-order valence-corrected chi connectivity index (χ1v) is 9.62. The van der Waals surface area contributed by atoms with Gasteiger partial charge in [0.05, 0.1) is 0 Å². The molecule has 0 unspecified atom stereocenters. The Morgan fingerprint density at radius 1 is 0.633 bits per heavy atom. The quantitative estimate of drug-likeness (QED) is 0.386. The van der Waals surface area contributed by atoms with E-state index < -0.39 is 0 Å². The molecule has 0 bridgehead atoms. The molecule has 0 saturated carbocycles. The Balaban J connectivity index is 1.44. The molecule has 0 amide bonds. The highest BCUT2D eigenvalue weighted by molar-refractivity contribution is 5.96. The molecule has 5 heteroatoms. The van der Waals surface area contributed by atoms with Crippen molar-refractivity contribution in [2.24, 2.45) is 0 Å². The maximum absolute atomic E-state index is 6.10. The summed E-state index contributed by atoms with van der Waals surface area (Å²) >= 11 is 0. The lowest BCUT2D eigenvalue weighted by atomic mass is 10.0. The number of nitrogens with zero attached hydrogens (tertiary/aromatic N) is 3. The molecule has 0 aliphatic heterocycles. The van der Waals surface area contributed by atoms with Crippen LogP contribution in [0.25, 0.3) is 22.0 Å². The fourth-order valence-electron chi connectivity index (χ4n) is 3.32. The van der Waals surface area contributed by atoms with Crippen LogP contribution in [0.1, 0.15) is 0 Å². The Hall–Kier alpha value is -4.25. The average molecular weight is 390 g/mol. The first-order chi connectivity index (χ1) is 14.9. The highest BCUT2D eigenvalue weighted by Crippen LogP contribution is 2.34. The van der Waals surface area contributed by atoms with Gasteiger partial charge in [-0.15, -0.1) is 0 Å². The van der Waals surface area contributed by atoms with Crippen LogP contribution in [0, 0.1) is 0 Å². The second-order valence-electron chi connectivity index (χ2n) is 6.70. The number of hydrogen-bond donors (Lipinski definition) is 1. The maximum Gasteiger partial charge on any atom is 0.246 e. The first-order valence-electron chi connectivity index (χ1n) is 9.62. The van der Waals surface area contributed by atoms with E-state index in [1.807, 2.05) is 66.7 Å². The summed E-state index contributed by atoms with van der Waals surface area (Å²) in [4.78, 5) is 13.3. The topological polar surface area (TPSA) is 59.9 Å². The molecule has 0 saturated heterocycles. The van der Waals surface area contributed by atoms with Gasteiger partial charge in [0.1, 0.15) is 17.3 Å². The molecule has 5 aromatic rings. The SMILES string of the molecule is c1ccc(Nc2ccc(Oc3nccnc3-c3cccc4ccccc34)cc2)nc1. The van der Waals surface area contributed by atoms with Crippen molar-refractivity contribution in [3.05, 3.63) is 104 Å². The van der Waals surface area contributed by atoms with Crippen LogP contribution in [0.15, 0.2) is 104 Å². The smallest absolute Gasteiger partial charge is 0.246 e. The van der Waals surface area contributed by atoms with Crippen LogP contribution in [0.3, 0.4) is 0 Å². The van der Waals surface area contributed by atoms with Crippen molar-refractivity contribution in [2.75, 3.05) is 5.32 Å². The fourth-order valence-corrected chi connectivity index (χ4v) is 3.32. The van der Waals surface area contributed by atoms with E-state index >= 15 is 0 Å². The second-order valence-corrected chi connectivity index (χ2v) is 6.70. The van der Waals surface area contributed by atoms with Crippen molar-refractivity contribution >= 4 is 22.3 Å². The third-order valence-electron chi connectivity index (χ3n) is 4.72. The first kappa shape index (κ1) is 17.8. The molecule has 0 aliphatic carbocycles. The predicted molar refractivity (Wildman–Crippen MR) is 119 cm³/mol. The van der Waals surface area contributed by atoms with E-state index in [0.29, 0.717) is 17.3 Å². The van der Waals surface area contributed by atoms with Gasteiger partial charge in [0.15, 0.2) is 0 Å². The van der Waals surface area contributed by atoms with Gasteiger partial charge in [-0.25, -0.2) is 15.0 Å². The van der Waals surface area contributed by atoms with Gasteiger partial charge >= 0.3 is 0 Å². The van der Waals surface area contributed by atoms with Gasteiger partial charge in [0.25, 0.3) is 0 Å². The Morgan fingerprint density at radius 3 is 2.30 bits per heavy atom. The van der Waals surface area contributed by atoms with Crippen LogP contribution in [0.2, 0.25) is 0 Å². The highest BCUT2D eigenvalue weighted by atomic mass is 16.5. The van der Waals surface area contributed by atoms with Gasteiger partial charge in [0, 0.05) is 29.8 Å². The van der Waals surface area contributed by atoms with E-state index in [9.17, 15) is 0 Å². The average Bonchev–Trinajstić information content (AvgIpc) is 2.81. The lowest BCUT2D eigenvalue weighted by molar-refractivity contribution is 0.462. The molecule has 5 rings (SSSR count). The summed E-state index contributed by atoms with van der Waals surface area (Å²) in [5.41, 5.74) is 2.63. The lowest BCUT2D eigenvalue weighted by Gasteiger charge is -2.12. The summed E-state index contributed by atoms with van der Waals surface area (Å²) in [5, 5.41) is 5.52. The van der Waals surface area contributed by atoms with Crippen LogP contribution in [-0.2, 0) is 0 Å². The van der Waals surface area contributed by atoms with E-state index in [1.165, 1.54) is 0 Å². The van der Waals surface area contributed by atoms with E-state index in [2.05, 4.69) is 38.5 Å². The minimum atomic E-state index is 0.472. The molecule has 3 aromatic carbocycles. The Kier molecular flexibility index (Phi) is 4.76.